The highest BCUT2D eigenvalue weighted by molar-refractivity contribution is 7.22. The van der Waals surface area contributed by atoms with Gasteiger partial charge in [-0.2, -0.15) is 0 Å². The second kappa shape index (κ2) is 6.82. The fourth-order valence-electron chi connectivity index (χ4n) is 3.30. The van der Waals surface area contributed by atoms with Crippen molar-refractivity contribution in [2.45, 2.75) is 0 Å². The molecule has 27 heavy (non-hydrogen) atoms. The first-order valence-corrected chi connectivity index (χ1v) is 9.77. The summed E-state index contributed by atoms with van der Waals surface area (Å²) in [6.07, 6.45) is 0. The van der Waals surface area contributed by atoms with Crippen LogP contribution in [-0.2, 0) is 0 Å². The molecule has 0 N–H and O–H groups in total. The lowest BCUT2D eigenvalue weighted by atomic mass is 10.0. The molecule has 0 fully saturated rings. The molecule has 0 atom stereocenters. The third-order valence-electron chi connectivity index (χ3n) is 4.64. The molecule has 2 heterocycles. The second-order valence-corrected chi connectivity index (χ2v) is 7.48. The van der Waals surface area contributed by atoms with E-state index < -0.39 is 0 Å². The Hall–Kier alpha value is -3.23. The third kappa shape index (κ3) is 3.05. The predicted octanol–water partition coefficient (Wildman–Crippen LogP) is 7.78. The second-order valence-electron chi connectivity index (χ2n) is 6.43. The maximum Gasteiger partial charge on any atom is 0.372 e. The number of rotatable bonds is 3. The molecule has 2 aromatic heterocycles. The predicted molar refractivity (Wildman–Crippen MR) is 115 cm³/mol. The molecule has 0 amide bonds. The van der Waals surface area contributed by atoms with Crippen molar-refractivity contribution in [2.24, 2.45) is 0 Å². The number of fused-ring (bicyclic) bond motifs is 1. The van der Waals surface area contributed by atoms with Crippen molar-refractivity contribution in [2.75, 3.05) is 0 Å². The van der Waals surface area contributed by atoms with E-state index in [1.165, 1.54) is 26.3 Å². The number of thiophene rings is 1. The zero-order valence-electron chi connectivity index (χ0n) is 14.6. The molecule has 0 saturated carbocycles. The van der Waals surface area contributed by atoms with E-state index >= 15 is 0 Å². The van der Waals surface area contributed by atoms with Crippen molar-refractivity contribution in [1.82, 2.24) is 0 Å². The van der Waals surface area contributed by atoms with E-state index in [0.717, 1.165) is 16.9 Å². The van der Waals surface area contributed by atoms with Crippen LogP contribution in [0.25, 0.3) is 43.2 Å². The summed E-state index contributed by atoms with van der Waals surface area (Å²) in [4.78, 5) is 1.22. The molecule has 5 rings (SSSR count). The van der Waals surface area contributed by atoms with Crippen LogP contribution in [0.5, 0.6) is 0 Å². The summed E-state index contributed by atoms with van der Waals surface area (Å²) in [5.41, 5.74) is 5.65. The largest absolute Gasteiger partial charge is 0.372 e. The van der Waals surface area contributed by atoms with Crippen LogP contribution in [0, 0.1) is 0 Å². The van der Waals surface area contributed by atoms with Gasteiger partial charge in [-0.15, -0.1) is 11.3 Å². The summed E-state index contributed by atoms with van der Waals surface area (Å²) in [5, 5.41) is 0. The first-order valence-electron chi connectivity index (χ1n) is 8.95. The Kier molecular flexibility index (Phi) is 4.04. The van der Waals surface area contributed by atoms with Gasteiger partial charge in [0, 0.05) is 10.4 Å². The molecule has 0 unspecified atom stereocenters. The van der Waals surface area contributed by atoms with Gasteiger partial charge in [-0.25, -0.2) is 4.42 Å². The van der Waals surface area contributed by atoms with Gasteiger partial charge in [0.25, 0.3) is 0 Å². The fourth-order valence-corrected chi connectivity index (χ4v) is 4.43. The lowest BCUT2D eigenvalue weighted by Gasteiger charge is -2.01. The molecule has 0 aliphatic rings. The van der Waals surface area contributed by atoms with Crippen molar-refractivity contribution < 1.29 is 4.42 Å². The molecular formula is C25H17OS+. The standard InChI is InChI=1S/C25H17OS/c1-4-10-18(11-5-1)21-16-22(19-12-6-2-7-13-19)26-23-17-24(27-25(21)23)20-14-8-3-9-15-20/h1-17H/q+1. The number of hydrogen-bond acceptors (Lipinski definition) is 1. The zero-order chi connectivity index (χ0) is 18.1. The molecule has 128 valence electrons. The van der Waals surface area contributed by atoms with Gasteiger partial charge in [0.05, 0.1) is 17.7 Å². The van der Waals surface area contributed by atoms with E-state index in [1.807, 2.05) is 24.3 Å². The Balaban J connectivity index is 1.78. The normalized spacial score (nSPS) is 11.0. The van der Waals surface area contributed by atoms with Crippen molar-refractivity contribution >= 4 is 21.6 Å². The Labute approximate surface area is 162 Å². The van der Waals surface area contributed by atoms with Crippen molar-refractivity contribution in [1.29, 1.82) is 0 Å². The minimum absolute atomic E-state index is 0.888. The molecular weight excluding hydrogens is 348 g/mol. The molecule has 2 heteroatoms. The summed E-state index contributed by atoms with van der Waals surface area (Å²) in [5.74, 6) is 0.888. The van der Waals surface area contributed by atoms with E-state index in [4.69, 9.17) is 4.42 Å². The molecule has 0 radical (unpaired) electrons. The minimum atomic E-state index is 0.888. The molecule has 1 nitrogen and oxygen atoms in total. The third-order valence-corrected chi connectivity index (χ3v) is 5.84. The van der Waals surface area contributed by atoms with Gasteiger partial charge in [0.2, 0.25) is 0 Å². The van der Waals surface area contributed by atoms with Crippen LogP contribution in [0.3, 0.4) is 0 Å². The topological polar surface area (TPSA) is 11.3 Å². The Morgan fingerprint density at radius 3 is 1.74 bits per heavy atom. The first kappa shape index (κ1) is 16.0. The van der Waals surface area contributed by atoms with Crippen molar-refractivity contribution in [3.63, 3.8) is 0 Å². The number of hydrogen-bond donors (Lipinski definition) is 0. The van der Waals surface area contributed by atoms with Gasteiger partial charge in [-0.3, -0.25) is 0 Å². The van der Waals surface area contributed by atoms with E-state index in [-0.39, 0.29) is 0 Å². The van der Waals surface area contributed by atoms with Gasteiger partial charge >= 0.3 is 11.3 Å². The highest BCUT2D eigenvalue weighted by Gasteiger charge is 2.23. The van der Waals surface area contributed by atoms with Crippen LogP contribution in [-0.4, -0.2) is 0 Å². The maximum absolute atomic E-state index is 6.32. The summed E-state index contributed by atoms with van der Waals surface area (Å²) in [6.45, 7) is 0. The average molecular weight is 365 g/mol. The van der Waals surface area contributed by atoms with Crippen LogP contribution in [0.2, 0.25) is 0 Å². The Morgan fingerprint density at radius 2 is 1.11 bits per heavy atom. The minimum Gasteiger partial charge on any atom is -0.206 e. The van der Waals surface area contributed by atoms with Crippen LogP contribution >= 0.6 is 11.3 Å². The van der Waals surface area contributed by atoms with Crippen LogP contribution in [0.4, 0.5) is 0 Å². The van der Waals surface area contributed by atoms with Crippen molar-refractivity contribution in [3.05, 3.63) is 103 Å². The first-order chi connectivity index (χ1) is 13.4. The van der Waals surface area contributed by atoms with Gasteiger partial charge in [0.1, 0.15) is 4.70 Å². The monoisotopic (exact) mass is 365 g/mol. The van der Waals surface area contributed by atoms with Gasteiger partial charge < -0.3 is 0 Å². The molecule has 0 aliphatic heterocycles. The Morgan fingerprint density at radius 1 is 0.556 bits per heavy atom. The fraction of sp³-hybridized carbons (Fsp3) is 0. The van der Waals surface area contributed by atoms with E-state index in [1.54, 1.807) is 11.3 Å². The number of benzene rings is 3. The molecule has 3 aromatic carbocycles. The smallest absolute Gasteiger partial charge is 0.206 e. The molecule has 0 saturated heterocycles. The van der Waals surface area contributed by atoms with Gasteiger partial charge in [-0.05, 0) is 23.3 Å². The SMILES string of the molecule is c1ccc(-c2cc(-c3ccccc3)c3sc(-c4ccccc4)cc3[o+]2)cc1. The van der Waals surface area contributed by atoms with Crippen LogP contribution in [0.15, 0.2) is 108 Å². The highest BCUT2D eigenvalue weighted by atomic mass is 32.1. The summed E-state index contributed by atoms with van der Waals surface area (Å²) < 4.78 is 7.50. The molecule has 0 bridgehead atoms. The van der Waals surface area contributed by atoms with Crippen LogP contribution in [0.1, 0.15) is 0 Å². The molecule has 0 spiro atoms. The van der Waals surface area contributed by atoms with Crippen molar-refractivity contribution in [3.8, 4) is 32.9 Å². The van der Waals surface area contributed by atoms with Gasteiger partial charge in [-0.1, -0.05) is 78.9 Å². The van der Waals surface area contributed by atoms with E-state index in [2.05, 4.69) is 78.9 Å². The molecule has 0 aliphatic carbocycles. The van der Waals surface area contributed by atoms with E-state index in [9.17, 15) is 0 Å². The quantitative estimate of drug-likeness (QED) is 0.297. The zero-order valence-corrected chi connectivity index (χ0v) is 15.4. The van der Waals surface area contributed by atoms with Gasteiger partial charge in [0.15, 0.2) is 0 Å². The Bertz CT molecular complexity index is 1190. The summed E-state index contributed by atoms with van der Waals surface area (Å²) >= 11 is 1.78. The summed E-state index contributed by atoms with van der Waals surface area (Å²) in [6, 6.07) is 35.6. The highest BCUT2D eigenvalue weighted by Crippen LogP contribution is 2.41. The summed E-state index contributed by atoms with van der Waals surface area (Å²) in [7, 11) is 0. The molecule has 5 aromatic rings. The average Bonchev–Trinajstić information content (AvgIpc) is 3.19. The lowest BCUT2D eigenvalue weighted by molar-refractivity contribution is 0.622. The lowest BCUT2D eigenvalue weighted by Crippen LogP contribution is -1.82. The van der Waals surface area contributed by atoms with E-state index in [0.29, 0.717) is 0 Å². The van der Waals surface area contributed by atoms with Crippen LogP contribution < -0.4 is 0 Å². The maximum atomic E-state index is 6.32.